The molecule has 21 heavy (non-hydrogen) atoms. The van der Waals surface area contributed by atoms with E-state index in [1.54, 1.807) is 6.08 Å². The molecule has 0 unspecified atom stereocenters. The van der Waals surface area contributed by atoms with Crippen molar-refractivity contribution in [3.8, 4) is 0 Å². The second-order valence-electron chi connectivity index (χ2n) is 4.46. The van der Waals surface area contributed by atoms with Crippen LogP contribution in [-0.2, 0) is 11.2 Å². The third kappa shape index (κ3) is 2.94. The first kappa shape index (κ1) is 18.8. The molecule has 3 nitrogen and oxygen atoms in total. The lowest BCUT2D eigenvalue weighted by Crippen LogP contribution is -2.02. The smallest absolute Gasteiger partial charge is 0.150 e. The third-order valence-corrected chi connectivity index (χ3v) is 3.45. The lowest BCUT2D eigenvalue weighted by atomic mass is 9.87. The Balaban J connectivity index is 0.00000133. The topological polar surface area (TPSA) is 77.1 Å². The molecule has 108 valence electrons. The van der Waals surface area contributed by atoms with Crippen LogP contribution in [0.25, 0.3) is 5.57 Å². The van der Waals surface area contributed by atoms with Crippen LogP contribution in [0.15, 0.2) is 65.8 Å². The van der Waals surface area contributed by atoms with Gasteiger partial charge in [0.15, 0.2) is 6.29 Å². The Morgan fingerprint density at radius 3 is 2.52 bits per heavy atom. The molecule has 2 aliphatic rings. The number of carbonyl (C=O) groups is 1. The molecule has 1 aromatic carbocycles. The maximum atomic E-state index is 11.4. The molecule has 0 fully saturated rings. The number of hydrogen-bond donors (Lipinski definition) is 2. The van der Waals surface area contributed by atoms with Gasteiger partial charge in [0.25, 0.3) is 0 Å². The number of hydrogen-bond acceptors (Lipinski definition) is 1. The van der Waals surface area contributed by atoms with Crippen LogP contribution in [-0.4, -0.2) is 17.2 Å². The molecular formula is C18H18O3. The molecule has 0 atom stereocenters. The molecule has 0 saturated carbocycles. The Labute approximate surface area is 125 Å². The summed E-state index contributed by atoms with van der Waals surface area (Å²) in [5, 5.41) is 0. The lowest BCUT2D eigenvalue weighted by molar-refractivity contribution is -0.104. The molecule has 0 amide bonds. The average Bonchev–Trinajstić information content (AvgIpc) is 2.78. The van der Waals surface area contributed by atoms with Gasteiger partial charge in [0.2, 0.25) is 0 Å². The largest absolute Gasteiger partial charge is 0.298 e. The molecule has 2 N–H and O–H groups in total. The van der Waals surface area contributed by atoms with Crippen LogP contribution >= 0.6 is 0 Å². The van der Waals surface area contributed by atoms with Crippen molar-refractivity contribution in [2.45, 2.75) is 6.42 Å². The Morgan fingerprint density at radius 2 is 1.86 bits per heavy atom. The summed E-state index contributed by atoms with van der Waals surface area (Å²) in [4.78, 5) is 11.4. The van der Waals surface area contributed by atoms with E-state index < -0.39 is 0 Å². The Bertz CT molecular complexity index is 634. The summed E-state index contributed by atoms with van der Waals surface area (Å²) in [5.74, 6) is 0. The van der Waals surface area contributed by atoms with E-state index in [1.165, 1.54) is 16.7 Å². The molecule has 3 heteroatoms. The number of aldehydes is 1. The number of fused-ring (bicyclic) bond motifs is 3. The zero-order chi connectivity index (χ0) is 12.5. The number of benzene rings is 1. The second kappa shape index (κ2) is 7.53. The van der Waals surface area contributed by atoms with Crippen LogP contribution in [0.3, 0.4) is 0 Å². The molecule has 0 spiro atoms. The maximum absolute atomic E-state index is 11.4. The molecule has 2 aliphatic carbocycles. The molecule has 0 saturated heterocycles. The van der Waals surface area contributed by atoms with E-state index >= 15 is 0 Å². The monoisotopic (exact) mass is 282 g/mol. The highest BCUT2D eigenvalue weighted by Crippen LogP contribution is 2.43. The van der Waals surface area contributed by atoms with Gasteiger partial charge in [0.05, 0.1) is 0 Å². The summed E-state index contributed by atoms with van der Waals surface area (Å²) >= 11 is 0. The van der Waals surface area contributed by atoms with Gasteiger partial charge in [-0.05, 0) is 34.3 Å². The highest BCUT2D eigenvalue weighted by molar-refractivity contribution is 6.03. The van der Waals surface area contributed by atoms with Crippen LogP contribution in [0.1, 0.15) is 11.1 Å². The van der Waals surface area contributed by atoms with Crippen molar-refractivity contribution < 1.29 is 15.7 Å². The quantitative estimate of drug-likeness (QED) is 0.799. The minimum absolute atomic E-state index is 0. The van der Waals surface area contributed by atoms with Crippen molar-refractivity contribution in [3.63, 3.8) is 0 Å². The van der Waals surface area contributed by atoms with Crippen molar-refractivity contribution in [1.29, 1.82) is 0 Å². The zero-order valence-corrected chi connectivity index (χ0v) is 11.9. The average molecular weight is 282 g/mol. The minimum Gasteiger partial charge on any atom is -0.298 e. The molecule has 3 rings (SSSR count). The number of rotatable bonds is 2. The van der Waals surface area contributed by atoms with Crippen molar-refractivity contribution in [2.75, 3.05) is 0 Å². The van der Waals surface area contributed by atoms with Crippen LogP contribution in [0, 0.1) is 13.8 Å². The fourth-order valence-corrected chi connectivity index (χ4v) is 2.67. The van der Waals surface area contributed by atoms with Crippen molar-refractivity contribution >= 4 is 11.9 Å². The molecule has 4 radical (unpaired) electrons. The van der Waals surface area contributed by atoms with Crippen LogP contribution in [0.4, 0.5) is 0 Å². The van der Waals surface area contributed by atoms with Gasteiger partial charge in [-0.25, -0.2) is 0 Å². The van der Waals surface area contributed by atoms with Crippen LogP contribution in [0.2, 0.25) is 0 Å². The molecule has 0 heterocycles. The van der Waals surface area contributed by atoms with Gasteiger partial charge in [-0.2, -0.15) is 0 Å². The summed E-state index contributed by atoms with van der Waals surface area (Å²) < 4.78 is 0. The summed E-state index contributed by atoms with van der Waals surface area (Å²) in [6.45, 7) is 3.70. The standard InChI is InChI=1S/C17H13O.CH3.2HO/c1-2-5-12-8-9-14-10-13-6-3-4-7-15(13)17(14)16(12)11-18;;;/h2-9,11H,1,10H2;1H3;2*1H/b12-5-;;;. The van der Waals surface area contributed by atoms with E-state index in [4.69, 9.17) is 0 Å². The highest BCUT2D eigenvalue weighted by atomic mass is 16.1. The summed E-state index contributed by atoms with van der Waals surface area (Å²) in [6.07, 6.45) is 9.57. The number of carbonyl (C=O) groups excluding carboxylic acids is 1. The SMILES string of the molecule is C=C/C=C1/[CH]C=C2Cc3ccccc3C2=C1C=O.[CH3].[OH].[OH]. The van der Waals surface area contributed by atoms with Crippen LogP contribution in [0.5, 0.6) is 0 Å². The molecular weight excluding hydrogens is 264 g/mol. The summed E-state index contributed by atoms with van der Waals surface area (Å²) in [5.41, 5.74) is 6.53. The first-order chi connectivity index (χ1) is 8.85. The van der Waals surface area contributed by atoms with Crippen LogP contribution < -0.4 is 0 Å². The van der Waals surface area contributed by atoms with E-state index in [9.17, 15) is 4.79 Å². The fraction of sp³-hybridized carbons (Fsp3) is 0.0556. The summed E-state index contributed by atoms with van der Waals surface area (Å²) in [6, 6.07) is 8.28. The van der Waals surface area contributed by atoms with E-state index in [0.717, 1.165) is 29.4 Å². The Kier molecular flexibility index (Phi) is 6.73. The minimum atomic E-state index is 0. The predicted octanol–water partition coefficient (Wildman–Crippen LogP) is 3.55. The van der Waals surface area contributed by atoms with E-state index in [1.807, 2.05) is 24.6 Å². The first-order valence-corrected chi connectivity index (χ1v) is 6.00. The van der Waals surface area contributed by atoms with Gasteiger partial charge in [-0.1, -0.05) is 56.5 Å². The second-order valence-corrected chi connectivity index (χ2v) is 4.46. The van der Waals surface area contributed by atoms with Crippen molar-refractivity contribution in [2.24, 2.45) is 0 Å². The predicted molar refractivity (Wildman–Crippen MR) is 84.1 cm³/mol. The fourth-order valence-electron chi connectivity index (χ4n) is 2.67. The molecule has 0 bridgehead atoms. The maximum Gasteiger partial charge on any atom is 0.150 e. The van der Waals surface area contributed by atoms with Gasteiger partial charge in [-0.3, -0.25) is 15.7 Å². The van der Waals surface area contributed by atoms with E-state index in [-0.39, 0.29) is 18.4 Å². The third-order valence-electron chi connectivity index (χ3n) is 3.45. The number of allylic oxidation sites excluding steroid dienone is 7. The van der Waals surface area contributed by atoms with Crippen molar-refractivity contribution in [1.82, 2.24) is 0 Å². The zero-order valence-electron chi connectivity index (χ0n) is 11.9. The molecule has 1 aromatic rings. The lowest BCUT2D eigenvalue weighted by Gasteiger charge is -2.16. The Hall–Kier alpha value is -2.23. The van der Waals surface area contributed by atoms with E-state index in [2.05, 4.69) is 24.8 Å². The van der Waals surface area contributed by atoms with Gasteiger partial charge >= 0.3 is 0 Å². The van der Waals surface area contributed by atoms with Gasteiger partial charge in [0.1, 0.15) is 0 Å². The Morgan fingerprint density at radius 1 is 1.14 bits per heavy atom. The van der Waals surface area contributed by atoms with E-state index in [0.29, 0.717) is 0 Å². The van der Waals surface area contributed by atoms with Gasteiger partial charge in [0, 0.05) is 12.0 Å². The first-order valence-electron chi connectivity index (χ1n) is 6.00. The van der Waals surface area contributed by atoms with Gasteiger partial charge in [-0.15, -0.1) is 0 Å². The normalized spacial score (nSPS) is 16.6. The molecule has 0 aliphatic heterocycles. The van der Waals surface area contributed by atoms with Gasteiger partial charge < -0.3 is 0 Å². The van der Waals surface area contributed by atoms with Crippen molar-refractivity contribution in [3.05, 3.63) is 90.8 Å². The summed E-state index contributed by atoms with van der Waals surface area (Å²) in [7, 11) is 0. The molecule has 0 aromatic heterocycles. The highest BCUT2D eigenvalue weighted by Gasteiger charge is 2.27.